The van der Waals surface area contributed by atoms with Gasteiger partial charge in [-0.15, -0.1) is 0 Å². The van der Waals surface area contributed by atoms with Gasteiger partial charge in [0.05, 0.1) is 6.04 Å². The van der Waals surface area contributed by atoms with Gasteiger partial charge in [-0.05, 0) is 18.2 Å². The van der Waals surface area contributed by atoms with E-state index < -0.39 is 0 Å². The van der Waals surface area contributed by atoms with Gasteiger partial charge in [-0.25, -0.2) is 15.0 Å². The number of para-hydroxylation sites is 1. The summed E-state index contributed by atoms with van der Waals surface area (Å²) in [7, 11) is 0. The Morgan fingerprint density at radius 2 is 2.05 bits per heavy atom. The van der Waals surface area contributed by atoms with E-state index in [4.69, 9.17) is 5.73 Å². The first-order chi connectivity index (χ1) is 10.4. The van der Waals surface area contributed by atoms with Gasteiger partial charge in [-0.3, -0.25) is 5.10 Å². The molecule has 0 saturated heterocycles. The maximum atomic E-state index is 5.82. The Morgan fingerprint density at radius 3 is 2.76 bits per heavy atom. The lowest BCUT2D eigenvalue weighted by Gasteiger charge is -2.15. The molecule has 1 aromatic carbocycles. The molecule has 0 aliphatic heterocycles. The second-order valence-electron chi connectivity index (χ2n) is 4.44. The fraction of sp³-hybridized carbons (Fsp3) is 0.143. The molecule has 0 amide bonds. The van der Waals surface area contributed by atoms with Crippen molar-refractivity contribution in [1.29, 1.82) is 0 Å². The van der Waals surface area contributed by atoms with Gasteiger partial charge in [0, 0.05) is 18.4 Å². The molecule has 3 rings (SSSR count). The Kier molecular flexibility index (Phi) is 3.83. The molecule has 7 nitrogen and oxygen atoms in total. The Balaban J connectivity index is 1.81. The third-order valence-electron chi connectivity index (χ3n) is 2.99. The van der Waals surface area contributed by atoms with E-state index in [0.29, 0.717) is 23.9 Å². The summed E-state index contributed by atoms with van der Waals surface area (Å²) in [4.78, 5) is 12.4. The van der Waals surface area contributed by atoms with Crippen molar-refractivity contribution in [3.63, 3.8) is 0 Å². The molecule has 21 heavy (non-hydrogen) atoms. The van der Waals surface area contributed by atoms with Crippen LogP contribution in [0.25, 0.3) is 11.5 Å². The molecule has 0 fully saturated rings. The Hall–Kier alpha value is -2.80. The predicted molar refractivity (Wildman–Crippen MR) is 79.3 cm³/mol. The fourth-order valence-electron chi connectivity index (χ4n) is 1.94. The lowest BCUT2D eigenvalue weighted by Crippen LogP contribution is -2.21. The molecule has 0 radical (unpaired) electrons. The summed E-state index contributed by atoms with van der Waals surface area (Å²) in [5.41, 5.74) is 7.47. The maximum Gasteiger partial charge on any atom is 0.199 e. The maximum absolute atomic E-state index is 5.82. The summed E-state index contributed by atoms with van der Waals surface area (Å²) in [6, 6.07) is 11.5. The van der Waals surface area contributed by atoms with Crippen molar-refractivity contribution in [3.05, 3.63) is 54.7 Å². The van der Waals surface area contributed by atoms with Gasteiger partial charge in [0.15, 0.2) is 5.82 Å². The minimum Gasteiger partial charge on any atom is -0.374 e. The highest BCUT2D eigenvalue weighted by Gasteiger charge is 2.15. The van der Waals surface area contributed by atoms with Crippen LogP contribution < -0.4 is 11.1 Å². The van der Waals surface area contributed by atoms with Crippen molar-refractivity contribution in [3.8, 4) is 11.5 Å². The van der Waals surface area contributed by atoms with Gasteiger partial charge in [0.1, 0.15) is 17.8 Å². The zero-order valence-corrected chi connectivity index (χ0v) is 11.3. The van der Waals surface area contributed by atoms with Crippen LogP contribution in [0.5, 0.6) is 0 Å². The van der Waals surface area contributed by atoms with E-state index in [-0.39, 0.29) is 6.04 Å². The number of nitrogens with zero attached hydrogens (tertiary/aromatic N) is 4. The summed E-state index contributed by atoms with van der Waals surface area (Å²) in [5.74, 6) is 1.20. The minimum absolute atomic E-state index is 0.143. The number of nitrogens with one attached hydrogen (secondary N) is 2. The zero-order valence-electron chi connectivity index (χ0n) is 11.3. The number of hydrogen-bond donors (Lipinski definition) is 3. The largest absolute Gasteiger partial charge is 0.374 e. The van der Waals surface area contributed by atoms with E-state index in [1.165, 1.54) is 6.33 Å². The molecular weight excluding hydrogens is 266 g/mol. The minimum atomic E-state index is -0.143. The quantitative estimate of drug-likeness (QED) is 0.652. The van der Waals surface area contributed by atoms with E-state index in [0.717, 1.165) is 5.69 Å². The molecule has 2 aromatic heterocycles. The standard InChI is InChI=1S/C14H15N7/c15-8-12(18-10-4-2-1-3-5-10)14-19-13(20-21-14)11-6-7-16-9-17-11/h1-7,9,12,18H,8,15H2,(H,19,20,21). The summed E-state index contributed by atoms with van der Waals surface area (Å²) in [5, 5.41) is 10.4. The van der Waals surface area contributed by atoms with Crippen LogP contribution in [0.1, 0.15) is 11.9 Å². The molecule has 0 aliphatic rings. The number of anilines is 1. The van der Waals surface area contributed by atoms with Gasteiger partial charge in [0.2, 0.25) is 0 Å². The molecule has 3 aromatic rings. The first-order valence-corrected chi connectivity index (χ1v) is 6.57. The highest BCUT2D eigenvalue weighted by molar-refractivity contribution is 5.48. The van der Waals surface area contributed by atoms with Crippen LogP contribution in [0.3, 0.4) is 0 Å². The highest BCUT2D eigenvalue weighted by Crippen LogP contribution is 2.18. The number of nitrogens with two attached hydrogens (primary N) is 1. The first kappa shape index (κ1) is 13.2. The van der Waals surface area contributed by atoms with Crippen molar-refractivity contribution in [1.82, 2.24) is 25.1 Å². The number of aromatic amines is 1. The normalized spacial score (nSPS) is 12.0. The van der Waals surface area contributed by atoms with Gasteiger partial charge < -0.3 is 11.1 Å². The average molecular weight is 281 g/mol. The van der Waals surface area contributed by atoms with Gasteiger partial charge >= 0.3 is 0 Å². The molecule has 1 atom stereocenters. The molecule has 0 aliphatic carbocycles. The van der Waals surface area contributed by atoms with E-state index in [1.54, 1.807) is 12.3 Å². The average Bonchev–Trinajstić information content (AvgIpc) is 3.04. The van der Waals surface area contributed by atoms with Crippen LogP contribution in [-0.4, -0.2) is 31.7 Å². The molecule has 0 bridgehead atoms. The lowest BCUT2D eigenvalue weighted by atomic mass is 10.2. The summed E-state index contributed by atoms with van der Waals surface area (Å²) in [6.45, 7) is 0.396. The van der Waals surface area contributed by atoms with Gasteiger partial charge in [-0.2, -0.15) is 5.10 Å². The van der Waals surface area contributed by atoms with E-state index >= 15 is 0 Å². The van der Waals surface area contributed by atoms with Gasteiger partial charge in [-0.1, -0.05) is 18.2 Å². The van der Waals surface area contributed by atoms with E-state index in [9.17, 15) is 0 Å². The third-order valence-corrected chi connectivity index (χ3v) is 2.99. The summed E-state index contributed by atoms with van der Waals surface area (Å²) >= 11 is 0. The number of aromatic nitrogens is 5. The van der Waals surface area contributed by atoms with Crippen LogP contribution in [0.4, 0.5) is 5.69 Å². The molecule has 106 valence electrons. The fourth-order valence-corrected chi connectivity index (χ4v) is 1.94. The Labute approximate surface area is 121 Å². The van der Waals surface area contributed by atoms with Crippen molar-refractivity contribution >= 4 is 5.69 Å². The van der Waals surface area contributed by atoms with Crippen molar-refractivity contribution < 1.29 is 0 Å². The summed E-state index contributed by atoms with van der Waals surface area (Å²) in [6.07, 6.45) is 3.12. The van der Waals surface area contributed by atoms with Crippen LogP contribution in [0.15, 0.2) is 48.9 Å². The third kappa shape index (κ3) is 3.03. The van der Waals surface area contributed by atoms with Gasteiger partial charge in [0.25, 0.3) is 0 Å². The molecule has 1 unspecified atom stereocenters. The summed E-state index contributed by atoms with van der Waals surface area (Å²) < 4.78 is 0. The Morgan fingerprint density at radius 1 is 1.19 bits per heavy atom. The van der Waals surface area contributed by atoms with E-state index in [2.05, 4.69) is 30.5 Å². The van der Waals surface area contributed by atoms with Crippen LogP contribution >= 0.6 is 0 Å². The second-order valence-corrected chi connectivity index (χ2v) is 4.44. The van der Waals surface area contributed by atoms with Crippen LogP contribution in [-0.2, 0) is 0 Å². The molecule has 7 heteroatoms. The van der Waals surface area contributed by atoms with Crippen LogP contribution in [0, 0.1) is 0 Å². The van der Waals surface area contributed by atoms with Crippen molar-refractivity contribution in [2.75, 3.05) is 11.9 Å². The highest BCUT2D eigenvalue weighted by atomic mass is 15.2. The van der Waals surface area contributed by atoms with Crippen molar-refractivity contribution in [2.45, 2.75) is 6.04 Å². The molecule has 4 N–H and O–H groups in total. The molecule has 2 heterocycles. The molecular formula is C14H15N7. The topological polar surface area (TPSA) is 105 Å². The first-order valence-electron chi connectivity index (χ1n) is 6.57. The molecule has 0 spiro atoms. The van der Waals surface area contributed by atoms with Crippen LogP contribution in [0.2, 0.25) is 0 Å². The SMILES string of the molecule is NCC(Nc1ccccc1)c1nc(-c2ccncn2)n[nH]1. The lowest BCUT2D eigenvalue weighted by molar-refractivity contribution is 0.730. The Bertz CT molecular complexity index is 681. The predicted octanol–water partition coefficient (Wildman–Crippen LogP) is 1.37. The number of hydrogen-bond acceptors (Lipinski definition) is 6. The molecule has 0 saturated carbocycles. The monoisotopic (exact) mass is 281 g/mol. The zero-order chi connectivity index (χ0) is 14.5. The smallest absolute Gasteiger partial charge is 0.199 e. The van der Waals surface area contributed by atoms with E-state index in [1.807, 2.05) is 30.3 Å². The number of H-pyrrole nitrogens is 1. The number of benzene rings is 1. The number of rotatable bonds is 5. The second kappa shape index (κ2) is 6.10. The van der Waals surface area contributed by atoms with Crippen molar-refractivity contribution in [2.24, 2.45) is 5.73 Å².